The minimum Gasteiger partial charge on any atom is -0.370 e. The van der Waals surface area contributed by atoms with Crippen LogP contribution in [0.3, 0.4) is 0 Å². The highest BCUT2D eigenvalue weighted by atomic mass is 15.3. The fraction of sp³-hybridized carbons (Fsp3) is 0.400. The number of rotatable bonds is 4. The van der Waals surface area contributed by atoms with Crippen LogP contribution in [0.15, 0.2) is 19.0 Å². The molecule has 0 aromatic carbocycles. The maximum Gasteiger partial charge on any atom is 0.163 e. The van der Waals surface area contributed by atoms with Gasteiger partial charge in [0.05, 0.1) is 0 Å². The average molecular weight is 218 g/mol. The van der Waals surface area contributed by atoms with Crippen LogP contribution in [-0.2, 0) is 0 Å². The molecule has 0 radical (unpaired) electrons. The Bertz CT molecular complexity index is 450. The maximum atomic E-state index is 4.20. The second kappa shape index (κ2) is 4.69. The quantitative estimate of drug-likeness (QED) is 0.834. The summed E-state index contributed by atoms with van der Waals surface area (Å²) in [5.74, 6) is 1.61. The summed E-state index contributed by atoms with van der Waals surface area (Å²) in [4.78, 5) is 12.3. The minimum atomic E-state index is 0.756. The van der Waals surface area contributed by atoms with E-state index in [1.807, 2.05) is 6.92 Å². The van der Waals surface area contributed by atoms with E-state index in [0.29, 0.717) is 0 Å². The fourth-order valence-corrected chi connectivity index (χ4v) is 1.41. The molecule has 0 saturated heterocycles. The van der Waals surface area contributed by atoms with Crippen LogP contribution >= 0.6 is 0 Å². The lowest BCUT2D eigenvalue weighted by Gasteiger charge is -2.09. The van der Waals surface area contributed by atoms with Crippen LogP contribution in [0.25, 0.3) is 5.82 Å². The lowest BCUT2D eigenvalue weighted by molar-refractivity contribution is 0.826. The molecule has 0 spiro atoms. The molecule has 0 unspecified atom stereocenters. The summed E-state index contributed by atoms with van der Waals surface area (Å²) >= 11 is 0. The lowest BCUT2D eigenvalue weighted by Crippen LogP contribution is -2.08. The summed E-state index contributed by atoms with van der Waals surface area (Å²) in [5, 5.41) is 7.31. The first-order chi connectivity index (χ1) is 7.83. The van der Waals surface area contributed by atoms with E-state index in [9.17, 15) is 0 Å². The Balaban J connectivity index is 2.33. The molecule has 0 bridgehead atoms. The van der Waals surface area contributed by atoms with Crippen LogP contribution in [0, 0.1) is 6.92 Å². The van der Waals surface area contributed by atoms with Gasteiger partial charge >= 0.3 is 0 Å². The lowest BCUT2D eigenvalue weighted by atomic mass is 10.3. The van der Waals surface area contributed by atoms with Crippen LogP contribution in [-0.4, -0.2) is 31.3 Å². The van der Waals surface area contributed by atoms with E-state index in [2.05, 4.69) is 32.3 Å². The molecule has 2 aromatic heterocycles. The van der Waals surface area contributed by atoms with E-state index in [0.717, 1.165) is 30.2 Å². The SMILES string of the molecule is CCCNc1ncnc(-n2cncn2)c1C. The molecule has 0 saturated carbocycles. The number of hydrogen-bond donors (Lipinski definition) is 1. The molecule has 0 aliphatic carbocycles. The molecule has 6 heteroatoms. The van der Waals surface area contributed by atoms with Gasteiger partial charge in [-0.2, -0.15) is 5.10 Å². The Hall–Kier alpha value is -1.98. The highest BCUT2D eigenvalue weighted by Crippen LogP contribution is 2.16. The van der Waals surface area contributed by atoms with Crippen molar-refractivity contribution in [1.29, 1.82) is 0 Å². The first-order valence-corrected chi connectivity index (χ1v) is 5.23. The summed E-state index contributed by atoms with van der Waals surface area (Å²) in [5.41, 5.74) is 0.974. The summed E-state index contributed by atoms with van der Waals surface area (Å²) in [6.07, 6.45) is 5.70. The van der Waals surface area contributed by atoms with E-state index in [4.69, 9.17) is 0 Å². The molecular formula is C10H14N6. The summed E-state index contributed by atoms with van der Waals surface area (Å²) < 4.78 is 1.63. The highest BCUT2D eigenvalue weighted by Gasteiger charge is 2.08. The molecule has 0 aliphatic rings. The molecule has 0 aliphatic heterocycles. The molecule has 2 heterocycles. The third-order valence-corrected chi connectivity index (χ3v) is 2.24. The van der Waals surface area contributed by atoms with Gasteiger partial charge in [0.15, 0.2) is 5.82 Å². The number of aromatic nitrogens is 5. The van der Waals surface area contributed by atoms with Crippen LogP contribution in [0.1, 0.15) is 18.9 Å². The molecule has 0 fully saturated rings. The highest BCUT2D eigenvalue weighted by molar-refractivity contribution is 5.50. The molecule has 6 nitrogen and oxygen atoms in total. The van der Waals surface area contributed by atoms with Gasteiger partial charge in [-0.1, -0.05) is 6.92 Å². The predicted molar refractivity (Wildman–Crippen MR) is 60.5 cm³/mol. The summed E-state index contributed by atoms with van der Waals surface area (Å²) in [6, 6.07) is 0. The Morgan fingerprint density at radius 2 is 2.19 bits per heavy atom. The molecule has 0 amide bonds. The molecule has 16 heavy (non-hydrogen) atoms. The van der Waals surface area contributed by atoms with Crippen molar-refractivity contribution in [3.05, 3.63) is 24.5 Å². The molecular weight excluding hydrogens is 204 g/mol. The van der Waals surface area contributed by atoms with Crippen LogP contribution in [0.5, 0.6) is 0 Å². The van der Waals surface area contributed by atoms with Crippen LogP contribution in [0.4, 0.5) is 5.82 Å². The van der Waals surface area contributed by atoms with E-state index in [-0.39, 0.29) is 0 Å². The number of hydrogen-bond acceptors (Lipinski definition) is 5. The van der Waals surface area contributed by atoms with Gasteiger partial charge in [-0.15, -0.1) is 0 Å². The van der Waals surface area contributed by atoms with Gasteiger partial charge in [0.25, 0.3) is 0 Å². The van der Waals surface area contributed by atoms with Crippen molar-refractivity contribution in [2.45, 2.75) is 20.3 Å². The van der Waals surface area contributed by atoms with Crippen LogP contribution in [0.2, 0.25) is 0 Å². The largest absolute Gasteiger partial charge is 0.370 e. The number of nitrogens with one attached hydrogen (secondary N) is 1. The van der Waals surface area contributed by atoms with Crippen molar-refractivity contribution in [2.24, 2.45) is 0 Å². The van der Waals surface area contributed by atoms with Gasteiger partial charge < -0.3 is 5.32 Å². The predicted octanol–water partition coefficient (Wildman–Crippen LogP) is 1.19. The molecule has 1 N–H and O–H groups in total. The second-order valence-electron chi connectivity index (χ2n) is 3.44. The van der Waals surface area contributed by atoms with E-state index < -0.39 is 0 Å². The van der Waals surface area contributed by atoms with Crippen molar-refractivity contribution >= 4 is 5.82 Å². The average Bonchev–Trinajstić information content (AvgIpc) is 2.81. The topological polar surface area (TPSA) is 68.5 Å². The zero-order chi connectivity index (χ0) is 11.4. The van der Waals surface area contributed by atoms with E-state index >= 15 is 0 Å². The normalized spacial score (nSPS) is 10.4. The van der Waals surface area contributed by atoms with E-state index in [1.54, 1.807) is 11.0 Å². The van der Waals surface area contributed by atoms with E-state index in [1.165, 1.54) is 12.7 Å². The molecule has 2 rings (SSSR count). The zero-order valence-corrected chi connectivity index (χ0v) is 9.38. The second-order valence-corrected chi connectivity index (χ2v) is 3.44. The first-order valence-electron chi connectivity index (χ1n) is 5.23. The number of nitrogens with zero attached hydrogens (tertiary/aromatic N) is 5. The third kappa shape index (κ3) is 2.00. The smallest absolute Gasteiger partial charge is 0.163 e. The van der Waals surface area contributed by atoms with Crippen molar-refractivity contribution in [3.8, 4) is 5.82 Å². The molecule has 0 atom stereocenters. The van der Waals surface area contributed by atoms with Gasteiger partial charge in [-0.05, 0) is 13.3 Å². The third-order valence-electron chi connectivity index (χ3n) is 2.24. The van der Waals surface area contributed by atoms with Crippen LogP contribution < -0.4 is 5.32 Å². The van der Waals surface area contributed by atoms with Gasteiger partial charge in [-0.25, -0.2) is 19.6 Å². The summed E-state index contributed by atoms with van der Waals surface area (Å²) in [7, 11) is 0. The van der Waals surface area contributed by atoms with Gasteiger partial charge in [0.2, 0.25) is 0 Å². The van der Waals surface area contributed by atoms with Gasteiger partial charge in [0, 0.05) is 12.1 Å². The van der Waals surface area contributed by atoms with Crippen molar-refractivity contribution < 1.29 is 0 Å². The Morgan fingerprint density at radius 1 is 1.31 bits per heavy atom. The van der Waals surface area contributed by atoms with Gasteiger partial charge in [0.1, 0.15) is 24.8 Å². The Kier molecular flexibility index (Phi) is 3.09. The Labute approximate surface area is 93.8 Å². The first kappa shape index (κ1) is 10.5. The Morgan fingerprint density at radius 3 is 2.88 bits per heavy atom. The molecule has 2 aromatic rings. The minimum absolute atomic E-state index is 0.756. The van der Waals surface area contributed by atoms with Gasteiger partial charge in [-0.3, -0.25) is 0 Å². The fourth-order valence-electron chi connectivity index (χ4n) is 1.41. The maximum absolute atomic E-state index is 4.20. The van der Waals surface area contributed by atoms with Crippen molar-refractivity contribution in [2.75, 3.05) is 11.9 Å². The van der Waals surface area contributed by atoms with Crippen molar-refractivity contribution in [3.63, 3.8) is 0 Å². The summed E-state index contributed by atoms with van der Waals surface area (Å²) in [6.45, 7) is 4.98. The number of anilines is 1. The monoisotopic (exact) mass is 218 g/mol. The molecule has 84 valence electrons. The van der Waals surface area contributed by atoms with Crippen molar-refractivity contribution in [1.82, 2.24) is 24.7 Å². The zero-order valence-electron chi connectivity index (χ0n) is 9.38. The standard InChI is InChI=1S/C10H14N6/c1-3-4-12-9-8(2)10(14-6-13-9)16-7-11-5-15-16/h5-7H,3-4H2,1-2H3,(H,12,13,14).